The lowest BCUT2D eigenvalue weighted by Gasteiger charge is -2.35. The summed E-state index contributed by atoms with van der Waals surface area (Å²) >= 11 is 0. The molecule has 0 amide bonds. The lowest BCUT2D eigenvalue weighted by Crippen LogP contribution is -2.46. The number of benzene rings is 1. The number of anilines is 1. The van der Waals surface area contributed by atoms with Crippen molar-refractivity contribution in [2.75, 3.05) is 38.2 Å². The number of ether oxygens (including phenoxy) is 1. The van der Waals surface area contributed by atoms with Crippen LogP contribution in [0.2, 0.25) is 0 Å². The van der Waals surface area contributed by atoms with Crippen LogP contribution in [0.5, 0.6) is 5.75 Å². The van der Waals surface area contributed by atoms with E-state index in [2.05, 4.69) is 29.3 Å². The maximum Gasteiger partial charge on any atom is 0.165 e. The molecule has 1 aliphatic heterocycles. The van der Waals surface area contributed by atoms with E-state index >= 15 is 0 Å². The molecule has 8 heteroatoms. The molecule has 0 bridgehead atoms. The van der Waals surface area contributed by atoms with Crippen LogP contribution in [0.25, 0.3) is 11.2 Å². The van der Waals surface area contributed by atoms with Crippen molar-refractivity contribution in [1.29, 1.82) is 0 Å². The summed E-state index contributed by atoms with van der Waals surface area (Å²) in [6, 6.07) is 5.72. The molecule has 28 heavy (non-hydrogen) atoms. The Morgan fingerprint density at radius 2 is 1.93 bits per heavy atom. The van der Waals surface area contributed by atoms with Crippen molar-refractivity contribution in [1.82, 2.24) is 24.4 Å². The molecule has 2 aliphatic rings. The first-order valence-electron chi connectivity index (χ1n) is 9.70. The van der Waals surface area contributed by atoms with Gasteiger partial charge in [-0.15, -0.1) is 0 Å². The lowest BCUT2D eigenvalue weighted by atomic mass is 10.2. The molecular formula is C20H23FN6O. The number of hydrogen-bond acceptors (Lipinski definition) is 6. The standard InChI is InChI=1S/C20H23FN6O/c1-28-17-5-2-14(10-16(17)21)11-25-6-8-26(9-7-25)19-18-20(23-12-22-19)27(13-24-18)15-3-4-15/h2,5,10,12-13,15H,3-4,6-9,11H2,1H3. The van der Waals surface area contributed by atoms with Crippen LogP contribution in [0.3, 0.4) is 0 Å². The Labute approximate surface area is 162 Å². The summed E-state index contributed by atoms with van der Waals surface area (Å²) in [7, 11) is 1.48. The van der Waals surface area contributed by atoms with Crippen molar-refractivity contribution in [3.8, 4) is 5.75 Å². The van der Waals surface area contributed by atoms with E-state index in [1.807, 2.05) is 12.4 Å². The molecule has 5 rings (SSSR count). The third-order valence-corrected chi connectivity index (χ3v) is 5.57. The number of rotatable bonds is 5. The number of halogens is 1. The van der Waals surface area contributed by atoms with Crippen molar-refractivity contribution < 1.29 is 9.13 Å². The molecule has 0 atom stereocenters. The zero-order chi connectivity index (χ0) is 19.1. The third kappa shape index (κ3) is 3.17. The van der Waals surface area contributed by atoms with Gasteiger partial charge in [0.05, 0.1) is 13.4 Å². The Morgan fingerprint density at radius 1 is 1.11 bits per heavy atom. The zero-order valence-corrected chi connectivity index (χ0v) is 15.9. The van der Waals surface area contributed by atoms with Gasteiger partial charge in [-0.3, -0.25) is 4.90 Å². The number of hydrogen-bond donors (Lipinski definition) is 0. The molecule has 1 saturated carbocycles. The van der Waals surface area contributed by atoms with E-state index in [1.165, 1.54) is 20.0 Å². The van der Waals surface area contributed by atoms with E-state index < -0.39 is 0 Å². The number of nitrogens with zero attached hydrogens (tertiary/aromatic N) is 6. The average molecular weight is 382 g/mol. The second-order valence-electron chi connectivity index (χ2n) is 7.48. The minimum absolute atomic E-state index is 0.284. The molecule has 0 radical (unpaired) electrons. The van der Waals surface area contributed by atoms with Gasteiger partial charge in [-0.2, -0.15) is 0 Å². The molecule has 1 aliphatic carbocycles. The number of imidazole rings is 1. The Bertz CT molecular complexity index is 994. The summed E-state index contributed by atoms with van der Waals surface area (Å²) in [6.07, 6.45) is 5.95. The second-order valence-corrected chi connectivity index (χ2v) is 7.48. The topological polar surface area (TPSA) is 59.3 Å². The van der Waals surface area contributed by atoms with Crippen molar-refractivity contribution in [3.05, 3.63) is 42.2 Å². The van der Waals surface area contributed by atoms with Gasteiger partial charge < -0.3 is 14.2 Å². The first-order valence-corrected chi connectivity index (χ1v) is 9.70. The smallest absolute Gasteiger partial charge is 0.165 e. The minimum atomic E-state index is -0.312. The van der Waals surface area contributed by atoms with E-state index in [0.717, 1.165) is 55.3 Å². The van der Waals surface area contributed by atoms with Gasteiger partial charge in [0.15, 0.2) is 28.5 Å². The molecule has 2 aromatic heterocycles. The molecule has 7 nitrogen and oxygen atoms in total. The molecule has 3 aromatic rings. The number of methoxy groups -OCH3 is 1. The van der Waals surface area contributed by atoms with E-state index in [0.29, 0.717) is 6.04 Å². The zero-order valence-electron chi connectivity index (χ0n) is 15.9. The summed E-state index contributed by atoms with van der Waals surface area (Å²) in [5.41, 5.74) is 2.78. The Balaban J connectivity index is 1.27. The van der Waals surface area contributed by atoms with Gasteiger partial charge in [-0.25, -0.2) is 19.3 Å². The van der Waals surface area contributed by atoms with Gasteiger partial charge in [0.1, 0.15) is 6.33 Å². The summed E-state index contributed by atoms with van der Waals surface area (Å²) in [5.74, 6) is 0.889. The first-order chi connectivity index (χ1) is 13.7. The van der Waals surface area contributed by atoms with Crippen molar-refractivity contribution in [2.45, 2.75) is 25.4 Å². The maximum atomic E-state index is 13.9. The molecule has 2 fully saturated rings. The fourth-order valence-corrected chi connectivity index (χ4v) is 3.88. The monoisotopic (exact) mass is 382 g/mol. The van der Waals surface area contributed by atoms with Crippen LogP contribution in [0, 0.1) is 5.82 Å². The van der Waals surface area contributed by atoms with Crippen LogP contribution in [-0.2, 0) is 6.54 Å². The first kappa shape index (κ1) is 17.4. The van der Waals surface area contributed by atoms with Crippen LogP contribution in [0.1, 0.15) is 24.4 Å². The van der Waals surface area contributed by atoms with Gasteiger partial charge in [0.25, 0.3) is 0 Å². The number of fused-ring (bicyclic) bond motifs is 1. The fourth-order valence-electron chi connectivity index (χ4n) is 3.88. The van der Waals surface area contributed by atoms with E-state index in [-0.39, 0.29) is 11.6 Å². The lowest BCUT2D eigenvalue weighted by molar-refractivity contribution is 0.249. The highest BCUT2D eigenvalue weighted by Gasteiger charge is 2.28. The normalized spacial score (nSPS) is 18.0. The summed E-state index contributed by atoms with van der Waals surface area (Å²) < 4.78 is 21.1. The van der Waals surface area contributed by atoms with Crippen LogP contribution in [-0.4, -0.2) is 57.7 Å². The summed E-state index contributed by atoms with van der Waals surface area (Å²) in [6.45, 7) is 4.23. The Hall–Kier alpha value is -2.74. The highest BCUT2D eigenvalue weighted by atomic mass is 19.1. The molecule has 146 valence electrons. The van der Waals surface area contributed by atoms with Crippen LogP contribution in [0.4, 0.5) is 10.2 Å². The summed E-state index contributed by atoms with van der Waals surface area (Å²) in [5, 5.41) is 0. The Kier molecular flexibility index (Phi) is 4.35. The van der Waals surface area contributed by atoms with E-state index in [1.54, 1.807) is 18.5 Å². The molecule has 1 aromatic carbocycles. The predicted octanol–water partition coefficient (Wildman–Crippen LogP) is 2.63. The van der Waals surface area contributed by atoms with Crippen molar-refractivity contribution in [2.24, 2.45) is 0 Å². The molecule has 0 N–H and O–H groups in total. The van der Waals surface area contributed by atoms with Gasteiger partial charge in [0.2, 0.25) is 0 Å². The highest BCUT2D eigenvalue weighted by Crippen LogP contribution is 2.37. The van der Waals surface area contributed by atoms with Crippen molar-refractivity contribution in [3.63, 3.8) is 0 Å². The largest absolute Gasteiger partial charge is 0.494 e. The second kappa shape index (κ2) is 7.01. The maximum absolute atomic E-state index is 13.9. The predicted molar refractivity (Wildman–Crippen MR) is 104 cm³/mol. The fraction of sp³-hybridized carbons (Fsp3) is 0.450. The van der Waals surface area contributed by atoms with Gasteiger partial charge >= 0.3 is 0 Å². The SMILES string of the molecule is COc1ccc(CN2CCN(c3ncnc4c3ncn4C3CC3)CC2)cc1F. The number of piperazine rings is 1. The minimum Gasteiger partial charge on any atom is -0.494 e. The third-order valence-electron chi connectivity index (χ3n) is 5.57. The molecule has 3 heterocycles. The average Bonchev–Trinajstić information content (AvgIpc) is 3.47. The summed E-state index contributed by atoms with van der Waals surface area (Å²) in [4.78, 5) is 18.2. The van der Waals surface area contributed by atoms with Gasteiger partial charge in [0, 0.05) is 38.8 Å². The van der Waals surface area contributed by atoms with Crippen molar-refractivity contribution >= 4 is 17.0 Å². The van der Waals surface area contributed by atoms with Crippen LogP contribution < -0.4 is 9.64 Å². The van der Waals surface area contributed by atoms with E-state index in [4.69, 9.17) is 4.74 Å². The van der Waals surface area contributed by atoms with Gasteiger partial charge in [-0.05, 0) is 30.5 Å². The highest BCUT2D eigenvalue weighted by molar-refractivity contribution is 5.83. The van der Waals surface area contributed by atoms with Crippen LogP contribution in [0.15, 0.2) is 30.9 Å². The van der Waals surface area contributed by atoms with E-state index in [9.17, 15) is 4.39 Å². The quantitative estimate of drug-likeness (QED) is 0.676. The molecule has 0 spiro atoms. The molecule has 1 saturated heterocycles. The molecule has 0 unspecified atom stereocenters. The molecular weight excluding hydrogens is 359 g/mol. The van der Waals surface area contributed by atoms with Crippen LogP contribution >= 0.6 is 0 Å². The Morgan fingerprint density at radius 3 is 2.64 bits per heavy atom. The number of aromatic nitrogens is 4. The van der Waals surface area contributed by atoms with Gasteiger partial charge in [-0.1, -0.05) is 6.07 Å².